The third-order valence-electron chi connectivity index (χ3n) is 1.95. The van der Waals surface area contributed by atoms with Crippen molar-refractivity contribution in [1.82, 2.24) is 4.57 Å². The highest BCUT2D eigenvalue weighted by Gasteiger charge is 2.05. The number of hydrogen-bond acceptors (Lipinski definition) is 3. The van der Waals surface area contributed by atoms with E-state index in [4.69, 9.17) is 4.42 Å². The average molecular weight is 177 g/mol. The summed E-state index contributed by atoms with van der Waals surface area (Å²) in [6, 6.07) is 4.84. The van der Waals surface area contributed by atoms with Crippen molar-refractivity contribution in [2.24, 2.45) is 7.05 Å². The van der Waals surface area contributed by atoms with Crippen molar-refractivity contribution in [3.8, 4) is 0 Å². The summed E-state index contributed by atoms with van der Waals surface area (Å²) >= 11 is 0. The van der Waals surface area contributed by atoms with Crippen LogP contribution in [0.15, 0.2) is 27.4 Å². The molecule has 0 radical (unpaired) electrons. The minimum absolute atomic E-state index is 0.418. The van der Waals surface area contributed by atoms with E-state index in [-0.39, 0.29) is 0 Å². The van der Waals surface area contributed by atoms with Gasteiger partial charge in [-0.3, -0.25) is 9.36 Å². The molecule has 66 valence electrons. The van der Waals surface area contributed by atoms with E-state index in [0.29, 0.717) is 16.7 Å². The number of aryl methyl sites for hydroxylation is 1. The number of carbonyl (C=O) groups is 1. The lowest BCUT2D eigenvalue weighted by molar-refractivity contribution is 0.112. The molecule has 1 aromatic carbocycles. The Bertz CT molecular complexity index is 521. The second-order valence-electron chi connectivity index (χ2n) is 2.77. The van der Waals surface area contributed by atoms with E-state index in [1.807, 2.05) is 0 Å². The molecule has 0 aliphatic rings. The summed E-state index contributed by atoms with van der Waals surface area (Å²) in [4.78, 5) is 21.5. The van der Waals surface area contributed by atoms with Crippen LogP contribution >= 0.6 is 0 Å². The molecule has 0 saturated carbocycles. The van der Waals surface area contributed by atoms with Crippen LogP contribution in [-0.4, -0.2) is 10.9 Å². The van der Waals surface area contributed by atoms with Gasteiger partial charge in [0.05, 0.1) is 5.52 Å². The molecule has 0 aliphatic heterocycles. The molecule has 0 bridgehead atoms. The lowest BCUT2D eigenvalue weighted by Gasteiger charge is -1.91. The third kappa shape index (κ3) is 1.07. The van der Waals surface area contributed by atoms with Crippen molar-refractivity contribution >= 4 is 17.4 Å². The fourth-order valence-corrected chi connectivity index (χ4v) is 1.22. The van der Waals surface area contributed by atoms with Crippen molar-refractivity contribution in [1.29, 1.82) is 0 Å². The van der Waals surface area contributed by atoms with Gasteiger partial charge in [0, 0.05) is 12.6 Å². The summed E-state index contributed by atoms with van der Waals surface area (Å²) in [6.45, 7) is 0. The Hall–Kier alpha value is -1.84. The average Bonchev–Trinajstić information content (AvgIpc) is 2.43. The van der Waals surface area contributed by atoms with E-state index >= 15 is 0 Å². The van der Waals surface area contributed by atoms with Gasteiger partial charge >= 0.3 is 5.76 Å². The Kier molecular flexibility index (Phi) is 1.55. The van der Waals surface area contributed by atoms with Gasteiger partial charge in [0.15, 0.2) is 5.58 Å². The van der Waals surface area contributed by atoms with Gasteiger partial charge in [-0.1, -0.05) is 0 Å². The first-order chi connectivity index (χ1) is 6.22. The summed E-state index contributed by atoms with van der Waals surface area (Å²) in [5.41, 5.74) is 1.66. The van der Waals surface area contributed by atoms with E-state index in [9.17, 15) is 9.59 Å². The number of hydrogen-bond donors (Lipinski definition) is 0. The maximum Gasteiger partial charge on any atom is 0.419 e. The molecular weight excluding hydrogens is 170 g/mol. The highest BCUT2D eigenvalue weighted by Crippen LogP contribution is 2.12. The highest BCUT2D eigenvalue weighted by molar-refractivity contribution is 5.83. The van der Waals surface area contributed by atoms with Crippen molar-refractivity contribution in [2.75, 3.05) is 0 Å². The van der Waals surface area contributed by atoms with Crippen molar-refractivity contribution in [2.45, 2.75) is 0 Å². The molecule has 0 fully saturated rings. The SMILES string of the molecule is Cn1c(=O)oc2ccc(C=O)cc21. The van der Waals surface area contributed by atoms with Crippen LogP contribution in [0.25, 0.3) is 11.1 Å². The van der Waals surface area contributed by atoms with Crippen LogP contribution in [0.4, 0.5) is 0 Å². The number of rotatable bonds is 1. The van der Waals surface area contributed by atoms with Crippen LogP contribution in [-0.2, 0) is 7.05 Å². The molecule has 1 heterocycles. The molecule has 0 unspecified atom stereocenters. The van der Waals surface area contributed by atoms with Crippen LogP contribution < -0.4 is 5.76 Å². The van der Waals surface area contributed by atoms with Crippen LogP contribution in [0.1, 0.15) is 10.4 Å². The first-order valence-corrected chi connectivity index (χ1v) is 3.77. The fraction of sp³-hybridized carbons (Fsp3) is 0.111. The molecule has 4 heteroatoms. The van der Waals surface area contributed by atoms with E-state index in [2.05, 4.69) is 0 Å². The number of fused-ring (bicyclic) bond motifs is 1. The smallest absolute Gasteiger partial charge is 0.408 e. The number of benzene rings is 1. The van der Waals surface area contributed by atoms with Crippen LogP contribution in [0.5, 0.6) is 0 Å². The van der Waals surface area contributed by atoms with E-state index in [1.54, 1.807) is 25.2 Å². The van der Waals surface area contributed by atoms with Gasteiger partial charge in [-0.25, -0.2) is 4.79 Å². The lowest BCUT2D eigenvalue weighted by atomic mass is 10.2. The first kappa shape index (κ1) is 7.79. The van der Waals surface area contributed by atoms with Crippen molar-refractivity contribution < 1.29 is 9.21 Å². The molecule has 1 aromatic heterocycles. The van der Waals surface area contributed by atoms with Crippen LogP contribution in [0.2, 0.25) is 0 Å². The standard InChI is InChI=1S/C9H7NO3/c1-10-7-4-6(5-11)2-3-8(7)13-9(10)12/h2-5H,1H3. The molecule has 0 spiro atoms. The Morgan fingerprint density at radius 2 is 2.23 bits per heavy atom. The zero-order valence-electron chi connectivity index (χ0n) is 6.98. The number of nitrogens with zero attached hydrogens (tertiary/aromatic N) is 1. The Morgan fingerprint density at radius 3 is 2.92 bits per heavy atom. The number of carbonyl (C=O) groups excluding carboxylic acids is 1. The molecule has 0 saturated heterocycles. The van der Waals surface area contributed by atoms with E-state index in [0.717, 1.165) is 6.29 Å². The van der Waals surface area contributed by atoms with Crippen LogP contribution in [0.3, 0.4) is 0 Å². The van der Waals surface area contributed by atoms with E-state index < -0.39 is 5.76 Å². The number of aldehydes is 1. The molecular formula is C9H7NO3. The van der Waals surface area contributed by atoms with Crippen molar-refractivity contribution in [3.63, 3.8) is 0 Å². The number of aromatic nitrogens is 1. The Balaban J connectivity index is 2.89. The summed E-state index contributed by atoms with van der Waals surface area (Å²) in [6.07, 6.45) is 0.733. The second kappa shape index (κ2) is 2.58. The molecule has 0 aliphatic carbocycles. The van der Waals surface area contributed by atoms with Gasteiger partial charge in [0.1, 0.15) is 6.29 Å². The van der Waals surface area contributed by atoms with Gasteiger partial charge in [-0.05, 0) is 18.2 Å². The predicted octanol–water partition coefficient (Wildman–Crippen LogP) is 0.944. The zero-order chi connectivity index (χ0) is 9.42. The second-order valence-corrected chi connectivity index (χ2v) is 2.77. The molecule has 0 atom stereocenters. The minimum atomic E-state index is -0.418. The van der Waals surface area contributed by atoms with Gasteiger partial charge in [0.25, 0.3) is 0 Å². The summed E-state index contributed by atoms with van der Waals surface area (Å²) in [5.74, 6) is -0.418. The zero-order valence-corrected chi connectivity index (χ0v) is 6.98. The largest absolute Gasteiger partial charge is 0.419 e. The number of oxazole rings is 1. The summed E-state index contributed by atoms with van der Waals surface area (Å²) < 4.78 is 6.25. The summed E-state index contributed by atoms with van der Waals surface area (Å²) in [7, 11) is 1.60. The summed E-state index contributed by atoms with van der Waals surface area (Å²) in [5, 5.41) is 0. The highest BCUT2D eigenvalue weighted by atomic mass is 16.4. The maximum atomic E-state index is 11.0. The molecule has 4 nitrogen and oxygen atoms in total. The molecule has 13 heavy (non-hydrogen) atoms. The first-order valence-electron chi connectivity index (χ1n) is 3.77. The van der Waals surface area contributed by atoms with E-state index in [1.165, 1.54) is 4.57 Å². The quantitative estimate of drug-likeness (QED) is 0.609. The maximum absolute atomic E-state index is 11.0. The van der Waals surface area contributed by atoms with Crippen molar-refractivity contribution in [3.05, 3.63) is 34.3 Å². The van der Waals surface area contributed by atoms with Gasteiger partial charge in [-0.2, -0.15) is 0 Å². The van der Waals surface area contributed by atoms with Gasteiger partial charge in [-0.15, -0.1) is 0 Å². The van der Waals surface area contributed by atoms with Crippen LogP contribution in [0, 0.1) is 0 Å². The normalized spacial score (nSPS) is 10.5. The molecule has 0 amide bonds. The molecule has 0 N–H and O–H groups in total. The van der Waals surface area contributed by atoms with Gasteiger partial charge < -0.3 is 4.42 Å². The Morgan fingerprint density at radius 1 is 1.46 bits per heavy atom. The predicted molar refractivity (Wildman–Crippen MR) is 46.8 cm³/mol. The monoisotopic (exact) mass is 177 g/mol. The topological polar surface area (TPSA) is 52.2 Å². The molecule has 2 aromatic rings. The third-order valence-corrected chi connectivity index (χ3v) is 1.95. The minimum Gasteiger partial charge on any atom is -0.408 e. The Labute approximate surface area is 73.4 Å². The molecule has 2 rings (SSSR count). The lowest BCUT2D eigenvalue weighted by Crippen LogP contribution is -2.08. The fourth-order valence-electron chi connectivity index (χ4n) is 1.22. The van der Waals surface area contributed by atoms with Gasteiger partial charge in [0.2, 0.25) is 0 Å².